The van der Waals surface area contributed by atoms with E-state index < -0.39 is 0 Å². The maximum atomic E-state index is 12.5. The molecule has 0 N–H and O–H groups in total. The van der Waals surface area contributed by atoms with Gasteiger partial charge in [-0.25, -0.2) is 0 Å². The first-order chi connectivity index (χ1) is 9.25. The molecule has 0 aromatic heterocycles. The third kappa shape index (κ3) is 2.51. The zero-order valence-corrected chi connectivity index (χ0v) is 11.3. The van der Waals surface area contributed by atoms with Crippen LogP contribution in [0.3, 0.4) is 0 Å². The lowest BCUT2D eigenvalue weighted by Gasteiger charge is -2.29. The Morgan fingerprint density at radius 2 is 2.05 bits per heavy atom. The Bertz CT molecular complexity index is 469. The van der Waals surface area contributed by atoms with Gasteiger partial charge >= 0.3 is 0 Å². The topological polar surface area (TPSA) is 32.8 Å². The first kappa shape index (κ1) is 12.6. The Morgan fingerprint density at radius 3 is 2.84 bits per heavy atom. The van der Waals surface area contributed by atoms with E-state index in [9.17, 15) is 4.79 Å². The molecule has 1 aromatic rings. The van der Waals surface area contributed by atoms with Crippen LogP contribution in [0.4, 0.5) is 5.69 Å². The SMILES string of the molecule is C[C@H]1Cc2ccccc2N1C(=O)CN1CCOCC1. The smallest absolute Gasteiger partial charge is 0.241 e. The van der Waals surface area contributed by atoms with Crippen LogP contribution in [0.2, 0.25) is 0 Å². The van der Waals surface area contributed by atoms with Crippen molar-refractivity contribution in [2.24, 2.45) is 0 Å². The highest BCUT2D eigenvalue weighted by Crippen LogP contribution is 2.31. The molecule has 4 nitrogen and oxygen atoms in total. The summed E-state index contributed by atoms with van der Waals surface area (Å²) < 4.78 is 5.32. The van der Waals surface area contributed by atoms with Crippen LogP contribution in [0.5, 0.6) is 0 Å². The number of benzene rings is 1. The van der Waals surface area contributed by atoms with Crippen molar-refractivity contribution in [2.45, 2.75) is 19.4 Å². The molecule has 0 spiro atoms. The number of para-hydroxylation sites is 1. The van der Waals surface area contributed by atoms with Crippen molar-refractivity contribution in [1.29, 1.82) is 0 Å². The van der Waals surface area contributed by atoms with Gasteiger partial charge in [-0.1, -0.05) is 18.2 Å². The number of fused-ring (bicyclic) bond motifs is 1. The molecule has 0 unspecified atom stereocenters. The van der Waals surface area contributed by atoms with E-state index in [-0.39, 0.29) is 11.9 Å². The first-order valence-corrected chi connectivity index (χ1v) is 6.96. The van der Waals surface area contributed by atoms with Crippen molar-refractivity contribution in [3.8, 4) is 0 Å². The number of morpholine rings is 1. The van der Waals surface area contributed by atoms with E-state index in [2.05, 4.69) is 24.0 Å². The van der Waals surface area contributed by atoms with E-state index in [1.54, 1.807) is 0 Å². The van der Waals surface area contributed by atoms with Crippen molar-refractivity contribution in [3.63, 3.8) is 0 Å². The number of amides is 1. The number of nitrogens with zero attached hydrogens (tertiary/aromatic N) is 2. The van der Waals surface area contributed by atoms with Crippen LogP contribution in [-0.2, 0) is 16.0 Å². The molecule has 0 radical (unpaired) electrons. The van der Waals surface area contributed by atoms with E-state index in [4.69, 9.17) is 4.74 Å². The molecule has 19 heavy (non-hydrogen) atoms. The predicted molar refractivity (Wildman–Crippen MR) is 74.4 cm³/mol. The highest BCUT2D eigenvalue weighted by atomic mass is 16.5. The highest BCUT2D eigenvalue weighted by Gasteiger charge is 2.31. The van der Waals surface area contributed by atoms with Gasteiger partial charge in [0.05, 0.1) is 19.8 Å². The van der Waals surface area contributed by atoms with Crippen LogP contribution in [-0.4, -0.2) is 49.7 Å². The number of ether oxygens (including phenoxy) is 1. The third-order valence-electron chi connectivity index (χ3n) is 3.94. The maximum Gasteiger partial charge on any atom is 0.241 e. The lowest BCUT2D eigenvalue weighted by Crippen LogP contribution is -2.46. The largest absolute Gasteiger partial charge is 0.379 e. The molecular weight excluding hydrogens is 240 g/mol. The van der Waals surface area contributed by atoms with Gasteiger partial charge in [-0.2, -0.15) is 0 Å². The zero-order valence-electron chi connectivity index (χ0n) is 11.3. The van der Waals surface area contributed by atoms with Gasteiger partial charge in [0.1, 0.15) is 0 Å². The second-order valence-electron chi connectivity index (χ2n) is 5.33. The molecule has 1 atom stereocenters. The number of hydrogen-bond donors (Lipinski definition) is 0. The average molecular weight is 260 g/mol. The van der Waals surface area contributed by atoms with E-state index in [0.29, 0.717) is 6.54 Å². The van der Waals surface area contributed by atoms with Gasteiger partial charge in [0.2, 0.25) is 5.91 Å². The molecule has 0 bridgehead atoms. The summed E-state index contributed by atoms with van der Waals surface area (Å²) in [5.74, 6) is 0.208. The van der Waals surface area contributed by atoms with Crippen LogP contribution < -0.4 is 4.90 Å². The van der Waals surface area contributed by atoms with Gasteiger partial charge in [-0.3, -0.25) is 9.69 Å². The van der Waals surface area contributed by atoms with Crippen LogP contribution >= 0.6 is 0 Å². The number of rotatable bonds is 2. The number of carbonyl (C=O) groups excluding carboxylic acids is 1. The van der Waals surface area contributed by atoms with E-state index in [1.807, 2.05) is 17.0 Å². The lowest BCUT2D eigenvalue weighted by molar-refractivity contribution is -0.121. The van der Waals surface area contributed by atoms with Crippen molar-refractivity contribution in [3.05, 3.63) is 29.8 Å². The van der Waals surface area contributed by atoms with Gasteiger partial charge in [0.25, 0.3) is 0 Å². The predicted octanol–water partition coefficient (Wildman–Crippen LogP) is 1.30. The van der Waals surface area contributed by atoms with Gasteiger partial charge in [-0.05, 0) is 25.0 Å². The Labute approximate surface area is 113 Å². The van der Waals surface area contributed by atoms with Crippen LogP contribution in [0.25, 0.3) is 0 Å². The minimum atomic E-state index is 0.208. The molecule has 4 heteroatoms. The van der Waals surface area contributed by atoms with E-state index >= 15 is 0 Å². The zero-order chi connectivity index (χ0) is 13.2. The fraction of sp³-hybridized carbons (Fsp3) is 0.533. The number of anilines is 1. The average Bonchev–Trinajstić information content (AvgIpc) is 2.75. The monoisotopic (exact) mass is 260 g/mol. The maximum absolute atomic E-state index is 12.5. The van der Waals surface area contributed by atoms with Crippen molar-refractivity contribution >= 4 is 11.6 Å². The molecule has 2 aliphatic rings. The van der Waals surface area contributed by atoms with Gasteiger partial charge in [-0.15, -0.1) is 0 Å². The summed E-state index contributed by atoms with van der Waals surface area (Å²) in [5, 5.41) is 0. The quantitative estimate of drug-likeness (QED) is 0.803. The lowest BCUT2D eigenvalue weighted by atomic mass is 10.1. The molecule has 3 rings (SSSR count). The molecule has 0 saturated carbocycles. The van der Waals surface area contributed by atoms with Crippen molar-refractivity contribution in [1.82, 2.24) is 4.90 Å². The van der Waals surface area contributed by atoms with Crippen LogP contribution in [0.15, 0.2) is 24.3 Å². The number of carbonyl (C=O) groups is 1. The summed E-state index contributed by atoms with van der Waals surface area (Å²) in [5.41, 5.74) is 2.37. The molecule has 1 aromatic carbocycles. The minimum absolute atomic E-state index is 0.208. The highest BCUT2D eigenvalue weighted by molar-refractivity contribution is 5.97. The summed E-state index contributed by atoms with van der Waals surface area (Å²) in [6.07, 6.45) is 0.963. The molecule has 2 aliphatic heterocycles. The summed E-state index contributed by atoms with van der Waals surface area (Å²) >= 11 is 0. The standard InChI is InChI=1S/C15H20N2O2/c1-12-10-13-4-2-3-5-14(13)17(12)15(18)11-16-6-8-19-9-7-16/h2-5,12H,6-11H2,1H3/t12-/m0/s1. The summed E-state index contributed by atoms with van der Waals surface area (Å²) in [6, 6.07) is 8.49. The van der Waals surface area contributed by atoms with Gasteiger partial charge < -0.3 is 9.64 Å². The fourth-order valence-corrected chi connectivity index (χ4v) is 2.97. The number of hydrogen-bond acceptors (Lipinski definition) is 3. The Morgan fingerprint density at radius 1 is 1.32 bits per heavy atom. The fourth-order valence-electron chi connectivity index (χ4n) is 2.97. The Balaban J connectivity index is 1.72. The summed E-state index contributed by atoms with van der Waals surface area (Å²) in [6.45, 7) is 5.81. The molecule has 102 valence electrons. The van der Waals surface area contributed by atoms with Gasteiger partial charge in [0, 0.05) is 24.8 Å². The Kier molecular flexibility index (Phi) is 3.53. The van der Waals surface area contributed by atoms with Crippen molar-refractivity contribution < 1.29 is 9.53 Å². The van der Waals surface area contributed by atoms with Gasteiger partial charge in [0.15, 0.2) is 0 Å². The molecule has 1 fully saturated rings. The molecule has 1 amide bonds. The molecular formula is C15H20N2O2. The van der Waals surface area contributed by atoms with E-state index in [0.717, 1.165) is 38.4 Å². The Hall–Kier alpha value is -1.39. The van der Waals surface area contributed by atoms with Crippen LogP contribution in [0.1, 0.15) is 12.5 Å². The third-order valence-corrected chi connectivity index (χ3v) is 3.94. The molecule has 0 aliphatic carbocycles. The molecule has 2 heterocycles. The normalized spacial score (nSPS) is 23.4. The van der Waals surface area contributed by atoms with Crippen molar-refractivity contribution in [2.75, 3.05) is 37.7 Å². The summed E-state index contributed by atoms with van der Waals surface area (Å²) in [7, 11) is 0. The summed E-state index contributed by atoms with van der Waals surface area (Å²) in [4.78, 5) is 16.7. The first-order valence-electron chi connectivity index (χ1n) is 6.96. The van der Waals surface area contributed by atoms with Crippen LogP contribution in [0, 0.1) is 0 Å². The second kappa shape index (κ2) is 5.31. The minimum Gasteiger partial charge on any atom is -0.379 e. The van der Waals surface area contributed by atoms with E-state index in [1.165, 1.54) is 5.56 Å². The second-order valence-corrected chi connectivity index (χ2v) is 5.33. The molecule has 1 saturated heterocycles.